The van der Waals surface area contributed by atoms with Crippen molar-refractivity contribution in [2.24, 2.45) is 5.92 Å². The van der Waals surface area contributed by atoms with Crippen LogP contribution in [-0.2, 0) is 4.79 Å². The van der Waals surface area contributed by atoms with E-state index in [0.29, 0.717) is 11.8 Å². The van der Waals surface area contributed by atoms with E-state index in [1.165, 1.54) is 11.1 Å². The van der Waals surface area contributed by atoms with Crippen molar-refractivity contribution < 1.29 is 4.79 Å². The van der Waals surface area contributed by atoms with E-state index in [9.17, 15) is 4.79 Å². The molecule has 5 heteroatoms. The topological polar surface area (TPSA) is 36.4 Å². The van der Waals surface area contributed by atoms with E-state index in [2.05, 4.69) is 46.0 Å². The van der Waals surface area contributed by atoms with Crippen LogP contribution in [0.15, 0.2) is 35.8 Å². The Morgan fingerprint density at radius 2 is 2.17 bits per heavy atom. The fourth-order valence-corrected chi connectivity index (χ4v) is 4.37. The highest BCUT2D eigenvalue weighted by atomic mass is 32.1. The number of hydrogen-bond donors (Lipinski definition) is 0. The largest absolute Gasteiger partial charge is 0.346 e. The molecule has 0 N–H and O–H groups in total. The van der Waals surface area contributed by atoms with E-state index in [0.717, 1.165) is 44.2 Å². The first-order valence-corrected chi connectivity index (χ1v) is 9.60. The van der Waals surface area contributed by atoms with Gasteiger partial charge < -0.3 is 9.80 Å². The minimum Gasteiger partial charge on any atom is -0.346 e. The third kappa shape index (κ3) is 3.18. The Labute approximate surface area is 147 Å². The van der Waals surface area contributed by atoms with E-state index in [4.69, 9.17) is 0 Å². The molecular formula is C19H23N3OS. The minimum absolute atomic E-state index is 0.193. The molecule has 24 heavy (non-hydrogen) atoms. The second kappa shape index (κ2) is 6.55. The summed E-state index contributed by atoms with van der Waals surface area (Å²) >= 11 is 1.68. The van der Waals surface area contributed by atoms with Gasteiger partial charge in [-0.3, -0.25) is 4.79 Å². The first-order valence-electron chi connectivity index (χ1n) is 8.72. The van der Waals surface area contributed by atoms with Crippen molar-refractivity contribution in [1.29, 1.82) is 0 Å². The van der Waals surface area contributed by atoms with Gasteiger partial charge >= 0.3 is 0 Å². The van der Waals surface area contributed by atoms with Gasteiger partial charge in [0.05, 0.1) is 0 Å². The van der Waals surface area contributed by atoms with Crippen molar-refractivity contribution in [3.63, 3.8) is 0 Å². The molecule has 0 spiro atoms. The zero-order chi connectivity index (χ0) is 16.5. The molecule has 0 radical (unpaired) electrons. The summed E-state index contributed by atoms with van der Waals surface area (Å²) in [5.41, 5.74) is 2.60. The highest BCUT2D eigenvalue weighted by Gasteiger charge is 2.45. The van der Waals surface area contributed by atoms with Gasteiger partial charge in [0, 0.05) is 43.7 Å². The van der Waals surface area contributed by atoms with E-state index in [-0.39, 0.29) is 5.92 Å². The molecule has 2 heterocycles. The molecule has 126 valence electrons. The van der Waals surface area contributed by atoms with Crippen LogP contribution in [0.1, 0.15) is 29.9 Å². The van der Waals surface area contributed by atoms with Crippen molar-refractivity contribution in [1.82, 2.24) is 9.88 Å². The van der Waals surface area contributed by atoms with Crippen molar-refractivity contribution >= 4 is 22.4 Å². The lowest BCUT2D eigenvalue weighted by molar-refractivity contribution is -0.132. The van der Waals surface area contributed by atoms with E-state index >= 15 is 0 Å². The van der Waals surface area contributed by atoms with E-state index in [1.807, 2.05) is 11.6 Å². The summed E-state index contributed by atoms with van der Waals surface area (Å²) in [5.74, 6) is 0.969. The standard InChI is InChI=1S/C19H23N3OS/c1-14-4-2-5-15(12-14)16-13-17(16)18(23)21-7-3-8-22(10-9-21)19-20-6-11-24-19/h2,4-6,11-12,16-17H,3,7-10,13H2,1H3/t16-,17-/m1/s1. The Bertz CT molecular complexity index is 715. The molecule has 1 amide bonds. The maximum atomic E-state index is 12.9. The Kier molecular flexibility index (Phi) is 4.27. The Morgan fingerprint density at radius 3 is 2.96 bits per heavy atom. The second-order valence-electron chi connectivity index (χ2n) is 6.84. The molecular weight excluding hydrogens is 318 g/mol. The van der Waals surface area contributed by atoms with Gasteiger partial charge in [0.1, 0.15) is 0 Å². The lowest BCUT2D eigenvalue weighted by atomic mass is 10.1. The molecule has 2 atom stereocenters. The SMILES string of the molecule is Cc1cccc([C@H]2C[C@H]2C(=O)N2CCCN(c3nccs3)CC2)c1. The van der Waals surface area contributed by atoms with Gasteiger partial charge in [-0.1, -0.05) is 29.8 Å². The number of aryl methyl sites for hydroxylation is 1. The number of rotatable bonds is 3. The molecule has 1 aliphatic heterocycles. The first kappa shape index (κ1) is 15.6. The number of nitrogens with zero attached hydrogens (tertiary/aromatic N) is 3. The summed E-state index contributed by atoms with van der Waals surface area (Å²) in [7, 11) is 0. The minimum atomic E-state index is 0.193. The number of amides is 1. The molecule has 1 saturated carbocycles. The van der Waals surface area contributed by atoms with Crippen LogP contribution in [0.2, 0.25) is 0 Å². The Hall–Kier alpha value is -1.88. The zero-order valence-corrected chi connectivity index (χ0v) is 14.8. The summed E-state index contributed by atoms with van der Waals surface area (Å²) in [5, 5.41) is 3.09. The van der Waals surface area contributed by atoms with E-state index < -0.39 is 0 Å². The van der Waals surface area contributed by atoms with Crippen LogP contribution < -0.4 is 4.90 Å². The van der Waals surface area contributed by atoms with E-state index in [1.54, 1.807) is 11.3 Å². The molecule has 1 saturated heterocycles. The molecule has 4 rings (SSSR count). The molecule has 1 aliphatic carbocycles. The van der Waals surface area contributed by atoms with Crippen LogP contribution in [0.5, 0.6) is 0 Å². The Morgan fingerprint density at radius 1 is 1.25 bits per heavy atom. The molecule has 2 aromatic rings. The molecule has 0 bridgehead atoms. The predicted molar refractivity (Wildman–Crippen MR) is 97.6 cm³/mol. The molecule has 0 unspecified atom stereocenters. The Balaban J connectivity index is 1.37. The normalized spacial score (nSPS) is 23.9. The van der Waals surface area contributed by atoms with Gasteiger partial charge in [-0.2, -0.15) is 0 Å². The van der Waals surface area contributed by atoms with Gasteiger partial charge in [-0.15, -0.1) is 11.3 Å². The number of aromatic nitrogens is 1. The summed E-state index contributed by atoms with van der Waals surface area (Å²) in [6, 6.07) is 8.61. The summed E-state index contributed by atoms with van der Waals surface area (Å²) < 4.78 is 0. The summed E-state index contributed by atoms with van der Waals surface area (Å²) in [4.78, 5) is 21.7. The van der Waals surface area contributed by atoms with Gasteiger partial charge in [-0.25, -0.2) is 4.98 Å². The average Bonchev–Trinajstić information content (AvgIpc) is 3.28. The lowest BCUT2D eigenvalue weighted by Gasteiger charge is -2.22. The number of carbonyl (C=O) groups is 1. The number of benzene rings is 1. The fourth-order valence-electron chi connectivity index (χ4n) is 3.67. The first-order chi connectivity index (χ1) is 11.7. The second-order valence-corrected chi connectivity index (χ2v) is 7.72. The maximum Gasteiger partial charge on any atom is 0.226 e. The van der Waals surface area contributed by atoms with Crippen LogP contribution in [0.4, 0.5) is 5.13 Å². The zero-order valence-electron chi connectivity index (χ0n) is 14.0. The summed E-state index contributed by atoms with van der Waals surface area (Å²) in [6.45, 7) is 5.68. The van der Waals surface area contributed by atoms with Crippen molar-refractivity contribution in [3.8, 4) is 0 Å². The van der Waals surface area contributed by atoms with Gasteiger partial charge in [0.25, 0.3) is 0 Å². The molecule has 1 aromatic carbocycles. The van der Waals surface area contributed by atoms with Crippen molar-refractivity contribution in [3.05, 3.63) is 47.0 Å². The number of thiazole rings is 1. The van der Waals surface area contributed by atoms with Crippen LogP contribution >= 0.6 is 11.3 Å². The van der Waals surface area contributed by atoms with Crippen molar-refractivity contribution in [2.45, 2.75) is 25.7 Å². The predicted octanol–water partition coefficient (Wildman–Crippen LogP) is 3.29. The van der Waals surface area contributed by atoms with Crippen LogP contribution in [-0.4, -0.2) is 42.0 Å². The highest BCUT2D eigenvalue weighted by molar-refractivity contribution is 7.13. The molecule has 4 nitrogen and oxygen atoms in total. The van der Waals surface area contributed by atoms with Gasteiger partial charge in [-0.05, 0) is 31.2 Å². The fraction of sp³-hybridized carbons (Fsp3) is 0.474. The van der Waals surface area contributed by atoms with Crippen LogP contribution in [0, 0.1) is 12.8 Å². The third-order valence-corrected chi connectivity index (χ3v) is 5.91. The maximum absolute atomic E-state index is 12.9. The summed E-state index contributed by atoms with van der Waals surface area (Å²) in [6.07, 6.45) is 3.88. The van der Waals surface area contributed by atoms with Gasteiger partial charge in [0.2, 0.25) is 5.91 Å². The molecule has 2 aliphatic rings. The molecule has 2 fully saturated rings. The monoisotopic (exact) mass is 341 g/mol. The molecule has 1 aromatic heterocycles. The number of hydrogen-bond acceptors (Lipinski definition) is 4. The number of carbonyl (C=O) groups excluding carboxylic acids is 1. The lowest BCUT2D eigenvalue weighted by Crippen LogP contribution is -2.36. The quantitative estimate of drug-likeness (QED) is 0.859. The van der Waals surface area contributed by atoms with Crippen molar-refractivity contribution in [2.75, 3.05) is 31.1 Å². The van der Waals surface area contributed by atoms with Gasteiger partial charge in [0.15, 0.2) is 5.13 Å². The number of anilines is 1. The van der Waals surface area contributed by atoms with Crippen LogP contribution in [0.25, 0.3) is 0 Å². The highest BCUT2D eigenvalue weighted by Crippen LogP contribution is 2.48. The average molecular weight is 341 g/mol. The van der Waals surface area contributed by atoms with Crippen LogP contribution in [0.3, 0.4) is 0 Å². The smallest absolute Gasteiger partial charge is 0.226 e. The third-order valence-electron chi connectivity index (χ3n) is 5.08.